The smallest absolute Gasteiger partial charge is 0.0352 e. The minimum Gasteiger partial charge on any atom is -0.312 e. The molecule has 1 saturated heterocycles. The average Bonchev–Trinajstić information content (AvgIpc) is 2.39. The van der Waals surface area contributed by atoms with E-state index in [1.54, 1.807) is 11.1 Å². The molecule has 3 rings (SSSR count). The van der Waals surface area contributed by atoms with Gasteiger partial charge in [-0.1, -0.05) is 38.1 Å². The zero-order valence-corrected chi connectivity index (χ0v) is 12.4. The fraction of sp³-hybridized carbons (Fsp3) is 0.647. The van der Waals surface area contributed by atoms with Crippen LogP contribution >= 0.6 is 0 Å². The van der Waals surface area contributed by atoms with E-state index in [0.717, 1.165) is 6.54 Å². The first-order valence-electron chi connectivity index (χ1n) is 7.65. The lowest BCUT2D eigenvalue weighted by Crippen LogP contribution is -2.51. The molecule has 1 aromatic rings. The minimum atomic E-state index is 0.340. The Kier molecular flexibility index (Phi) is 3.40. The van der Waals surface area contributed by atoms with Crippen LogP contribution in [0.4, 0.5) is 0 Å². The first-order valence-corrected chi connectivity index (χ1v) is 7.65. The van der Waals surface area contributed by atoms with Gasteiger partial charge in [-0.05, 0) is 36.3 Å². The molecule has 0 radical (unpaired) electrons. The highest BCUT2D eigenvalue weighted by Crippen LogP contribution is 2.43. The van der Waals surface area contributed by atoms with Crippen molar-refractivity contribution in [2.24, 2.45) is 0 Å². The Balaban J connectivity index is 1.92. The van der Waals surface area contributed by atoms with E-state index in [9.17, 15) is 0 Å². The first-order chi connectivity index (χ1) is 9.08. The Morgan fingerprint density at radius 2 is 2.05 bits per heavy atom. The van der Waals surface area contributed by atoms with Gasteiger partial charge in [-0.15, -0.1) is 0 Å². The minimum absolute atomic E-state index is 0.340. The van der Waals surface area contributed by atoms with Gasteiger partial charge in [0.05, 0.1) is 0 Å². The van der Waals surface area contributed by atoms with E-state index in [2.05, 4.69) is 55.3 Å². The van der Waals surface area contributed by atoms with Gasteiger partial charge in [0.25, 0.3) is 0 Å². The summed E-state index contributed by atoms with van der Waals surface area (Å²) in [6.07, 6.45) is 2.60. The molecule has 1 heterocycles. The average molecular weight is 258 g/mol. The van der Waals surface area contributed by atoms with Gasteiger partial charge in [0.15, 0.2) is 0 Å². The van der Waals surface area contributed by atoms with E-state index in [-0.39, 0.29) is 0 Å². The maximum absolute atomic E-state index is 3.55. The van der Waals surface area contributed by atoms with Gasteiger partial charge in [-0.3, -0.25) is 4.90 Å². The fourth-order valence-corrected chi connectivity index (χ4v) is 3.82. The molecular formula is C17H26N2. The monoisotopic (exact) mass is 258 g/mol. The molecule has 1 fully saturated rings. The van der Waals surface area contributed by atoms with Crippen LogP contribution in [0.25, 0.3) is 0 Å². The van der Waals surface area contributed by atoms with Crippen LogP contribution in [0, 0.1) is 0 Å². The van der Waals surface area contributed by atoms with Crippen LogP contribution in [-0.2, 0) is 5.41 Å². The highest BCUT2D eigenvalue weighted by atomic mass is 15.2. The molecule has 0 bridgehead atoms. The van der Waals surface area contributed by atoms with Crippen molar-refractivity contribution >= 4 is 0 Å². The lowest BCUT2D eigenvalue weighted by molar-refractivity contribution is 0.126. The fourth-order valence-electron chi connectivity index (χ4n) is 3.82. The van der Waals surface area contributed by atoms with Crippen LogP contribution < -0.4 is 5.32 Å². The van der Waals surface area contributed by atoms with Gasteiger partial charge in [0, 0.05) is 31.7 Å². The molecule has 2 aliphatic rings. The van der Waals surface area contributed by atoms with Gasteiger partial charge >= 0.3 is 0 Å². The molecule has 2 unspecified atom stereocenters. The molecule has 0 saturated carbocycles. The molecule has 1 N–H and O–H groups in total. The van der Waals surface area contributed by atoms with Crippen molar-refractivity contribution in [1.82, 2.24) is 10.2 Å². The lowest BCUT2D eigenvalue weighted by atomic mass is 9.70. The summed E-state index contributed by atoms with van der Waals surface area (Å²) in [6, 6.07) is 10.4. The number of hydrogen-bond acceptors (Lipinski definition) is 2. The third kappa shape index (κ3) is 2.44. The molecule has 1 aromatic carbocycles. The summed E-state index contributed by atoms with van der Waals surface area (Å²) in [5, 5.41) is 3.55. The molecule has 19 heavy (non-hydrogen) atoms. The summed E-state index contributed by atoms with van der Waals surface area (Å²) in [4.78, 5) is 2.69. The van der Waals surface area contributed by atoms with Crippen LogP contribution in [0.15, 0.2) is 24.3 Å². The summed E-state index contributed by atoms with van der Waals surface area (Å²) < 4.78 is 0. The molecule has 2 heteroatoms. The van der Waals surface area contributed by atoms with Gasteiger partial charge in [0.1, 0.15) is 0 Å². The standard InChI is InChI=1S/C17H26N2/c1-13-12-19(11-10-18-13)16-8-9-17(2,3)15-7-5-4-6-14(15)16/h4-7,13,16,18H,8-12H2,1-3H3. The van der Waals surface area contributed by atoms with Crippen LogP contribution in [-0.4, -0.2) is 30.6 Å². The molecule has 1 aliphatic carbocycles. The van der Waals surface area contributed by atoms with Gasteiger partial charge in [-0.25, -0.2) is 0 Å². The Morgan fingerprint density at radius 1 is 1.26 bits per heavy atom. The van der Waals surface area contributed by atoms with Crippen molar-refractivity contribution < 1.29 is 0 Å². The maximum Gasteiger partial charge on any atom is 0.0352 e. The third-order valence-corrected chi connectivity index (χ3v) is 4.93. The first kappa shape index (κ1) is 13.1. The van der Waals surface area contributed by atoms with Crippen LogP contribution in [0.3, 0.4) is 0 Å². The molecule has 0 spiro atoms. The van der Waals surface area contributed by atoms with Gasteiger partial charge in [0.2, 0.25) is 0 Å². The highest BCUT2D eigenvalue weighted by Gasteiger charge is 2.35. The molecule has 2 atom stereocenters. The predicted molar refractivity (Wildman–Crippen MR) is 80.5 cm³/mol. The Bertz CT molecular complexity index is 452. The summed E-state index contributed by atoms with van der Waals surface area (Å²) in [7, 11) is 0. The van der Waals surface area contributed by atoms with E-state index in [4.69, 9.17) is 0 Å². The van der Waals surface area contributed by atoms with Crippen molar-refractivity contribution in [2.75, 3.05) is 19.6 Å². The van der Waals surface area contributed by atoms with Crippen LogP contribution in [0.2, 0.25) is 0 Å². The predicted octanol–water partition coefficient (Wildman–Crippen LogP) is 3.09. The zero-order valence-electron chi connectivity index (χ0n) is 12.4. The SMILES string of the molecule is CC1CN(C2CCC(C)(C)c3ccccc32)CCN1. The number of rotatable bonds is 1. The Labute approximate surface area is 117 Å². The van der Waals surface area contributed by atoms with E-state index in [1.807, 2.05) is 0 Å². The third-order valence-electron chi connectivity index (χ3n) is 4.93. The van der Waals surface area contributed by atoms with Gasteiger partial charge < -0.3 is 5.32 Å². The molecular weight excluding hydrogens is 232 g/mol. The highest BCUT2D eigenvalue weighted by molar-refractivity contribution is 5.38. The number of hydrogen-bond donors (Lipinski definition) is 1. The van der Waals surface area contributed by atoms with Crippen molar-refractivity contribution in [3.05, 3.63) is 35.4 Å². The quantitative estimate of drug-likeness (QED) is 0.832. The summed E-state index contributed by atoms with van der Waals surface area (Å²) >= 11 is 0. The normalized spacial score (nSPS) is 30.9. The van der Waals surface area contributed by atoms with E-state index in [0.29, 0.717) is 17.5 Å². The van der Waals surface area contributed by atoms with Crippen molar-refractivity contribution in [1.29, 1.82) is 0 Å². The summed E-state index contributed by atoms with van der Waals surface area (Å²) in [5.74, 6) is 0. The number of nitrogens with one attached hydrogen (secondary N) is 1. The van der Waals surface area contributed by atoms with E-state index < -0.39 is 0 Å². The number of fused-ring (bicyclic) bond motifs is 1. The molecule has 104 valence electrons. The number of benzene rings is 1. The second-order valence-electron chi connectivity index (χ2n) is 6.88. The van der Waals surface area contributed by atoms with E-state index >= 15 is 0 Å². The number of nitrogens with zero attached hydrogens (tertiary/aromatic N) is 1. The summed E-state index contributed by atoms with van der Waals surface area (Å²) in [6.45, 7) is 10.6. The van der Waals surface area contributed by atoms with Crippen molar-refractivity contribution in [3.8, 4) is 0 Å². The molecule has 1 aliphatic heterocycles. The van der Waals surface area contributed by atoms with E-state index in [1.165, 1.54) is 25.9 Å². The second-order valence-corrected chi connectivity index (χ2v) is 6.88. The van der Waals surface area contributed by atoms with Crippen LogP contribution in [0.1, 0.15) is 50.8 Å². The molecule has 0 amide bonds. The molecule has 2 nitrogen and oxygen atoms in total. The Hall–Kier alpha value is -0.860. The van der Waals surface area contributed by atoms with Crippen molar-refractivity contribution in [2.45, 2.75) is 51.1 Å². The lowest BCUT2D eigenvalue weighted by Gasteiger charge is -2.44. The van der Waals surface area contributed by atoms with Crippen molar-refractivity contribution in [3.63, 3.8) is 0 Å². The number of piperazine rings is 1. The maximum atomic E-state index is 3.55. The largest absolute Gasteiger partial charge is 0.312 e. The summed E-state index contributed by atoms with van der Waals surface area (Å²) in [5.41, 5.74) is 3.48. The topological polar surface area (TPSA) is 15.3 Å². The molecule has 0 aromatic heterocycles. The second kappa shape index (κ2) is 4.92. The van der Waals surface area contributed by atoms with Gasteiger partial charge in [-0.2, -0.15) is 0 Å². The Morgan fingerprint density at radius 3 is 2.84 bits per heavy atom. The van der Waals surface area contributed by atoms with Crippen LogP contribution in [0.5, 0.6) is 0 Å². The zero-order chi connectivity index (χ0) is 13.5.